The predicted molar refractivity (Wildman–Crippen MR) is 135 cm³/mol. The molecule has 4 aromatic rings. The van der Waals surface area contributed by atoms with Crippen LogP contribution in [0.2, 0.25) is 5.02 Å². The van der Waals surface area contributed by atoms with Gasteiger partial charge in [-0.2, -0.15) is 4.31 Å². The molecule has 3 N–H and O–H groups in total. The summed E-state index contributed by atoms with van der Waals surface area (Å²) in [6, 6.07) is 19.6. The van der Waals surface area contributed by atoms with E-state index in [0.717, 1.165) is 4.31 Å². The molecule has 1 atom stereocenters. The molecule has 12 heteroatoms. The number of aromatic nitrogens is 2. The zero-order valence-electron chi connectivity index (χ0n) is 19.2. The van der Waals surface area contributed by atoms with Crippen LogP contribution in [0.5, 0.6) is 11.5 Å². The number of hydrogen-bond acceptors (Lipinski definition) is 6. The van der Waals surface area contributed by atoms with Gasteiger partial charge in [0.05, 0.1) is 16.1 Å². The fraction of sp³-hybridized carbons (Fsp3) is 0.120. The Labute approximate surface area is 216 Å². The highest BCUT2D eigenvalue weighted by Crippen LogP contribution is 2.33. The molecule has 1 aliphatic heterocycles. The molecule has 1 aliphatic rings. The third kappa shape index (κ3) is 4.65. The molecule has 0 aliphatic carbocycles. The van der Waals surface area contributed by atoms with Gasteiger partial charge in [-0.25, -0.2) is 18.6 Å². The molecule has 0 radical (unpaired) electrons. The van der Waals surface area contributed by atoms with Gasteiger partial charge >= 0.3 is 0 Å². The van der Waals surface area contributed by atoms with Gasteiger partial charge < -0.3 is 4.74 Å². The normalized spacial score (nSPS) is 15.7. The first-order chi connectivity index (χ1) is 17.8. The quantitative estimate of drug-likeness (QED) is 0.253. The van der Waals surface area contributed by atoms with Gasteiger partial charge in [0.15, 0.2) is 0 Å². The number of carbonyl (C=O) groups excluding carboxylic acids is 1. The first-order valence-electron chi connectivity index (χ1n) is 11.2. The highest BCUT2D eigenvalue weighted by atomic mass is 35.5. The third-order valence-electron chi connectivity index (χ3n) is 5.98. The number of rotatable bonds is 6. The second kappa shape index (κ2) is 9.87. The summed E-state index contributed by atoms with van der Waals surface area (Å²) in [5.74, 6) is -0.0431. The summed E-state index contributed by atoms with van der Waals surface area (Å²) in [5, 5.41) is 12.8. The minimum atomic E-state index is -4.25. The van der Waals surface area contributed by atoms with Crippen molar-refractivity contribution < 1.29 is 23.2 Å². The lowest BCUT2D eigenvalue weighted by atomic mass is 10.0. The van der Waals surface area contributed by atoms with Crippen LogP contribution >= 0.6 is 11.6 Å². The van der Waals surface area contributed by atoms with Crippen LogP contribution in [0.3, 0.4) is 0 Å². The smallest absolute Gasteiger partial charge is 0.276 e. The van der Waals surface area contributed by atoms with Crippen molar-refractivity contribution in [2.24, 2.45) is 0 Å². The maximum atomic E-state index is 13.6. The number of fused-ring (bicyclic) bond motifs is 1. The minimum absolute atomic E-state index is 0.0784. The fourth-order valence-electron chi connectivity index (χ4n) is 4.28. The molecule has 0 spiro atoms. The molecule has 0 bridgehead atoms. The number of halogens is 1. The zero-order valence-corrected chi connectivity index (χ0v) is 20.7. The highest BCUT2D eigenvalue weighted by Gasteiger charge is 2.43. The molecule has 1 amide bonds. The molecule has 37 heavy (non-hydrogen) atoms. The van der Waals surface area contributed by atoms with E-state index in [0.29, 0.717) is 27.9 Å². The van der Waals surface area contributed by atoms with Crippen LogP contribution in [0.4, 0.5) is 0 Å². The average Bonchev–Trinajstić information content (AvgIpc) is 3.25. The summed E-state index contributed by atoms with van der Waals surface area (Å²) in [5.41, 5.74) is 1.60. The summed E-state index contributed by atoms with van der Waals surface area (Å²) in [6.45, 7) is -0.106. The lowest BCUT2D eigenvalue weighted by Crippen LogP contribution is -2.48. The van der Waals surface area contributed by atoms with Gasteiger partial charge in [0.25, 0.3) is 11.5 Å². The molecule has 10 nitrogen and oxygen atoms in total. The number of benzene rings is 3. The van der Waals surface area contributed by atoms with E-state index in [1.54, 1.807) is 36.4 Å². The van der Waals surface area contributed by atoms with Crippen LogP contribution in [0.25, 0.3) is 5.69 Å². The summed E-state index contributed by atoms with van der Waals surface area (Å²) < 4.78 is 35.1. The van der Waals surface area contributed by atoms with Gasteiger partial charge in [-0.05, 0) is 54.6 Å². The van der Waals surface area contributed by atoms with E-state index in [1.165, 1.54) is 34.4 Å². The van der Waals surface area contributed by atoms with Crippen molar-refractivity contribution in [2.75, 3.05) is 6.54 Å². The van der Waals surface area contributed by atoms with E-state index in [-0.39, 0.29) is 23.4 Å². The van der Waals surface area contributed by atoms with E-state index in [2.05, 4.69) is 5.10 Å². The number of nitrogens with one attached hydrogen (secondary N) is 2. The maximum Gasteiger partial charge on any atom is 0.276 e. The molecule has 5 rings (SSSR count). The number of amides is 1. The van der Waals surface area contributed by atoms with Gasteiger partial charge in [0.1, 0.15) is 17.5 Å². The molecular weight excluding hydrogens is 520 g/mol. The van der Waals surface area contributed by atoms with Crippen molar-refractivity contribution in [3.05, 3.63) is 105 Å². The summed E-state index contributed by atoms with van der Waals surface area (Å²) in [7, 11) is -4.25. The van der Waals surface area contributed by atoms with Crippen LogP contribution in [0.1, 0.15) is 17.3 Å². The Balaban J connectivity index is 1.51. The Kier molecular flexibility index (Phi) is 6.61. The first kappa shape index (κ1) is 24.8. The van der Waals surface area contributed by atoms with Crippen LogP contribution in [0.15, 0.2) is 88.6 Å². The maximum absolute atomic E-state index is 13.6. The Hall–Kier alpha value is -3.90. The zero-order chi connectivity index (χ0) is 26.2. The molecule has 2 heterocycles. The summed E-state index contributed by atoms with van der Waals surface area (Å²) >= 11 is 6.06. The minimum Gasteiger partial charge on any atom is -0.457 e. The van der Waals surface area contributed by atoms with Crippen molar-refractivity contribution in [1.82, 2.24) is 19.6 Å². The number of nitrogens with zero attached hydrogens (tertiary/aromatic N) is 2. The number of para-hydroxylation sites is 1. The average molecular weight is 541 g/mol. The molecule has 0 saturated heterocycles. The molecule has 1 unspecified atom stereocenters. The largest absolute Gasteiger partial charge is 0.457 e. The molecular formula is C25H21ClN4O6S. The number of H-pyrrole nitrogens is 1. The molecule has 0 saturated carbocycles. The number of hydrogen-bond donors (Lipinski definition) is 3. The fourth-order valence-corrected chi connectivity index (χ4v) is 6.03. The Morgan fingerprint density at radius 1 is 1.03 bits per heavy atom. The van der Waals surface area contributed by atoms with Gasteiger partial charge in [-0.15, -0.1) is 0 Å². The van der Waals surface area contributed by atoms with Crippen LogP contribution in [-0.2, 0) is 21.2 Å². The SMILES string of the molecule is O=C(NO)C1c2c([nH]n(-c3cccc(Cl)c3)c2=O)CCN1S(=O)(=O)c1ccc(Oc2ccccc2)cc1. The van der Waals surface area contributed by atoms with Crippen LogP contribution < -0.4 is 15.8 Å². The standard InChI is InChI=1S/C25H21ClN4O6S/c26-16-5-4-6-17(15-16)30-25(32)22-21(27-30)13-14-29(23(22)24(31)28-33)37(34,35)20-11-9-19(10-12-20)36-18-7-2-1-3-8-18/h1-12,15,23,27,33H,13-14H2,(H,28,31). The molecule has 3 aromatic carbocycles. The first-order valence-corrected chi connectivity index (χ1v) is 13.0. The van der Waals surface area contributed by atoms with Crippen LogP contribution in [-0.4, -0.2) is 40.2 Å². The van der Waals surface area contributed by atoms with Gasteiger partial charge in [0, 0.05) is 23.7 Å². The number of carbonyl (C=O) groups is 1. The topological polar surface area (TPSA) is 134 Å². The van der Waals surface area contributed by atoms with Gasteiger partial charge in [-0.3, -0.25) is 19.9 Å². The van der Waals surface area contributed by atoms with Crippen molar-refractivity contribution in [1.29, 1.82) is 0 Å². The second-order valence-corrected chi connectivity index (χ2v) is 10.6. The van der Waals surface area contributed by atoms with E-state index in [1.807, 2.05) is 18.2 Å². The van der Waals surface area contributed by atoms with Crippen molar-refractivity contribution in [3.63, 3.8) is 0 Å². The summed E-state index contributed by atoms with van der Waals surface area (Å²) in [6.07, 6.45) is 0.141. The monoisotopic (exact) mass is 540 g/mol. The lowest BCUT2D eigenvalue weighted by Gasteiger charge is -2.32. The lowest BCUT2D eigenvalue weighted by molar-refractivity contribution is -0.133. The van der Waals surface area contributed by atoms with Gasteiger partial charge in [-0.1, -0.05) is 35.9 Å². The molecule has 190 valence electrons. The highest BCUT2D eigenvalue weighted by molar-refractivity contribution is 7.89. The molecule has 0 fully saturated rings. The van der Waals surface area contributed by atoms with E-state index >= 15 is 0 Å². The number of hydroxylamine groups is 1. The molecule has 1 aromatic heterocycles. The van der Waals surface area contributed by atoms with Crippen LogP contribution in [0, 0.1) is 0 Å². The number of ether oxygens (including phenoxy) is 1. The third-order valence-corrected chi connectivity index (χ3v) is 8.10. The van der Waals surface area contributed by atoms with Crippen molar-refractivity contribution in [3.8, 4) is 17.2 Å². The van der Waals surface area contributed by atoms with Crippen molar-refractivity contribution in [2.45, 2.75) is 17.4 Å². The van der Waals surface area contributed by atoms with Crippen molar-refractivity contribution >= 4 is 27.5 Å². The van der Waals surface area contributed by atoms with E-state index in [9.17, 15) is 23.2 Å². The number of sulfonamides is 1. The summed E-state index contributed by atoms with van der Waals surface area (Å²) in [4.78, 5) is 26.0. The Morgan fingerprint density at radius 3 is 2.41 bits per heavy atom. The second-order valence-electron chi connectivity index (χ2n) is 8.26. The van der Waals surface area contributed by atoms with E-state index in [4.69, 9.17) is 16.3 Å². The van der Waals surface area contributed by atoms with Gasteiger partial charge in [0.2, 0.25) is 10.0 Å². The Bertz CT molecular complexity index is 1620. The number of aromatic amines is 1. The predicted octanol–water partition coefficient (Wildman–Crippen LogP) is 3.40. The van der Waals surface area contributed by atoms with E-state index < -0.39 is 27.5 Å². The Morgan fingerprint density at radius 2 is 1.73 bits per heavy atom.